The van der Waals surface area contributed by atoms with Crippen molar-refractivity contribution in [2.24, 2.45) is 12.0 Å². The van der Waals surface area contributed by atoms with Crippen molar-refractivity contribution < 1.29 is 0 Å². The number of aromatic nitrogens is 2. The van der Waals surface area contributed by atoms with Crippen LogP contribution in [0.2, 0.25) is 0 Å². The molecule has 2 unspecified atom stereocenters. The number of anilines is 1. The molecule has 0 radical (unpaired) electrons. The molecule has 2 aliphatic heterocycles. The van der Waals surface area contributed by atoms with E-state index in [9.17, 15) is 0 Å². The van der Waals surface area contributed by atoms with Gasteiger partial charge in [0.2, 0.25) is 0 Å². The molecule has 3 rings (SSSR count). The summed E-state index contributed by atoms with van der Waals surface area (Å²) in [5.41, 5.74) is 1.44. The molecule has 26 heavy (non-hydrogen) atoms. The molecule has 2 aliphatic rings. The van der Waals surface area contributed by atoms with Crippen molar-refractivity contribution in [2.45, 2.75) is 30.8 Å². The van der Waals surface area contributed by atoms with Crippen LogP contribution in [-0.2, 0) is 7.05 Å². The minimum absolute atomic E-state index is 0.233. The van der Waals surface area contributed by atoms with E-state index in [1.54, 1.807) is 0 Å². The second-order valence-electron chi connectivity index (χ2n) is 7.65. The van der Waals surface area contributed by atoms with Gasteiger partial charge in [-0.3, -0.25) is 9.67 Å². The molecule has 3 heterocycles. The molecule has 2 saturated heterocycles. The number of aliphatic imine (C=N–C) groups is 1. The highest BCUT2D eigenvalue weighted by molar-refractivity contribution is 7.99. The first kappa shape index (κ1) is 19.4. The first-order valence-corrected chi connectivity index (χ1v) is 10.6. The van der Waals surface area contributed by atoms with E-state index in [2.05, 4.69) is 50.8 Å². The van der Waals surface area contributed by atoms with Crippen LogP contribution in [0.3, 0.4) is 0 Å². The summed E-state index contributed by atoms with van der Waals surface area (Å²) in [6, 6.07) is 0.406. The van der Waals surface area contributed by atoms with Crippen LogP contribution < -0.4 is 15.5 Å². The van der Waals surface area contributed by atoms with Crippen molar-refractivity contribution in [2.75, 3.05) is 57.2 Å². The zero-order valence-electron chi connectivity index (χ0n) is 16.5. The number of nitrogens with zero attached hydrogens (tertiary/aromatic N) is 5. The van der Waals surface area contributed by atoms with Crippen LogP contribution >= 0.6 is 11.8 Å². The van der Waals surface area contributed by atoms with Crippen LogP contribution in [0.15, 0.2) is 17.4 Å². The lowest BCUT2D eigenvalue weighted by atomic mass is 9.97. The number of aryl methyl sites for hydroxylation is 1. The number of thioether (sulfide) groups is 1. The highest BCUT2D eigenvalue weighted by Crippen LogP contribution is 2.31. The normalized spacial score (nSPS) is 27.2. The highest BCUT2D eigenvalue weighted by atomic mass is 32.2. The largest absolute Gasteiger partial charge is 0.367 e. The van der Waals surface area contributed by atoms with Gasteiger partial charge in [-0.2, -0.15) is 16.9 Å². The van der Waals surface area contributed by atoms with E-state index in [0.717, 1.165) is 25.6 Å². The Hall–Kier alpha value is -1.41. The lowest BCUT2D eigenvalue weighted by Gasteiger charge is -2.37. The summed E-state index contributed by atoms with van der Waals surface area (Å²) in [6.45, 7) is 3.02. The molecule has 0 bridgehead atoms. The predicted molar refractivity (Wildman–Crippen MR) is 111 cm³/mol. The number of nitrogens with one attached hydrogen (secondary N) is 2. The van der Waals surface area contributed by atoms with Crippen LogP contribution in [0, 0.1) is 0 Å². The number of hydrogen-bond donors (Lipinski definition) is 2. The molecule has 0 aromatic carbocycles. The Balaban J connectivity index is 1.54. The third kappa shape index (κ3) is 4.46. The Morgan fingerprint density at radius 1 is 1.50 bits per heavy atom. The first-order valence-electron chi connectivity index (χ1n) is 9.48. The van der Waals surface area contributed by atoms with E-state index in [0.29, 0.717) is 6.04 Å². The van der Waals surface area contributed by atoms with Gasteiger partial charge in [-0.25, -0.2) is 0 Å². The summed E-state index contributed by atoms with van der Waals surface area (Å²) < 4.78 is 1.87. The maximum Gasteiger partial charge on any atom is 0.191 e. The van der Waals surface area contributed by atoms with E-state index >= 15 is 0 Å². The van der Waals surface area contributed by atoms with Gasteiger partial charge in [0.15, 0.2) is 5.96 Å². The van der Waals surface area contributed by atoms with Crippen molar-refractivity contribution in [3.63, 3.8) is 0 Å². The molecular weight excluding hydrogens is 346 g/mol. The van der Waals surface area contributed by atoms with Gasteiger partial charge in [-0.05, 0) is 39.1 Å². The van der Waals surface area contributed by atoms with Crippen molar-refractivity contribution in [1.29, 1.82) is 0 Å². The Kier molecular flexibility index (Phi) is 6.34. The number of hydrogen-bond acceptors (Lipinski definition) is 5. The molecule has 0 spiro atoms. The smallest absolute Gasteiger partial charge is 0.191 e. The fourth-order valence-electron chi connectivity index (χ4n) is 3.78. The summed E-state index contributed by atoms with van der Waals surface area (Å²) in [5.74, 6) is 3.35. The molecule has 0 aliphatic carbocycles. The highest BCUT2D eigenvalue weighted by Gasteiger charge is 2.36. The molecular formula is C18H33N7S. The summed E-state index contributed by atoms with van der Waals surface area (Å²) in [4.78, 5) is 9.26. The van der Waals surface area contributed by atoms with E-state index in [1.165, 1.54) is 36.5 Å². The summed E-state index contributed by atoms with van der Waals surface area (Å²) in [6.07, 6.45) is 7.63. The quantitative estimate of drug-likeness (QED) is 0.588. The van der Waals surface area contributed by atoms with Gasteiger partial charge < -0.3 is 20.4 Å². The Morgan fingerprint density at radius 2 is 2.35 bits per heavy atom. The summed E-state index contributed by atoms with van der Waals surface area (Å²) in [5, 5.41) is 11.5. The minimum atomic E-state index is 0.233. The average Bonchev–Trinajstić information content (AvgIpc) is 3.29. The number of likely N-dealkylation sites (N-methyl/N-ethyl adjacent to an activating group) is 1. The number of guanidine groups is 1. The molecule has 0 amide bonds. The maximum atomic E-state index is 4.47. The SMILES string of the molecule is CN=C(NCC1(N(C)C)CCSC1)NC1CCCN(c2cnn(C)c2)C1. The van der Waals surface area contributed by atoms with Gasteiger partial charge in [0.1, 0.15) is 0 Å². The average molecular weight is 380 g/mol. The monoisotopic (exact) mass is 379 g/mol. The van der Waals surface area contributed by atoms with Crippen LogP contribution in [0.4, 0.5) is 5.69 Å². The van der Waals surface area contributed by atoms with Gasteiger partial charge in [-0.15, -0.1) is 0 Å². The molecule has 146 valence electrons. The topological polar surface area (TPSA) is 60.7 Å². The Bertz CT molecular complexity index is 606. The van der Waals surface area contributed by atoms with Crippen LogP contribution in [0.5, 0.6) is 0 Å². The van der Waals surface area contributed by atoms with Crippen LogP contribution in [0.25, 0.3) is 0 Å². The van der Waals surface area contributed by atoms with E-state index in [-0.39, 0.29) is 5.54 Å². The molecule has 7 nitrogen and oxygen atoms in total. The van der Waals surface area contributed by atoms with E-state index < -0.39 is 0 Å². The Labute approximate surface area is 161 Å². The fourth-order valence-corrected chi connectivity index (χ4v) is 5.34. The van der Waals surface area contributed by atoms with Crippen molar-refractivity contribution in [3.8, 4) is 0 Å². The second-order valence-corrected chi connectivity index (χ2v) is 8.75. The molecule has 8 heteroatoms. The molecule has 1 aromatic rings. The van der Waals surface area contributed by atoms with Crippen LogP contribution in [0.1, 0.15) is 19.3 Å². The van der Waals surface area contributed by atoms with Crippen LogP contribution in [-0.4, -0.2) is 84.5 Å². The van der Waals surface area contributed by atoms with Crippen molar-refractivity contribution >= 4 is 23.4 Å². The molecule has 2 N–H and O–H groups in total. The van der Waals surface area contributed by atoms with E-state index in [4.69, 9.17) is 0 Å². The first-order chi connectivity index (χ1) is 12.5. The van der Waals surface area contributed by atoms with Gasteiger partial charge >= 0.3 is 0 Å². The van der Waals surface area contributed by atoms with E-state index in [1.807, 2.05) is 36.7 Å². The lowest BCUT2D eigenvalue weighted by molar-refractivity contribution is 0.182. The second kappa shape index (κ2) is 8.52. The lowest BCUT2D eigenvalue weighted by Crippen LogP contribution is -2.57. The third-order valence-electron chi connectivity index (χ3n) is 5.66. The number of piperidine rings is 1. The third-order valence-corrected chi connectivity index (χ3v) is 6.89. The van der Waals surface area contributed by atoms with Crippen molar-refractivity contribution in [1.82, 2.24) is 25.3 Å². The molecule has 2 atom stereocenters. The van der Waals surface area contributed by atoms with Gasteiger partial charge in [-0.1, -0.05) is 0 Å². The zero-order valence-corrected chi connectivity index (χ0v) is 17.3. The molecule has 2 fully saturated rings. The fraction of sp³-hybridized carbons (Fsp3) is 0.778. The van der Waals surface area contributed by atoms with Gasteiger partial charge in [0, 0.05) is 57.3 Å². The summed E-state index contributed by atoms with van der Waals surface area (Å²) >= 11 is 2.05. The van der Waals surface area contributed by atoms with Gasteiger partial charge in [0.25, 0.3) is 0 Å². The van der Waals surface area contributed by atoms with Gasteiger partial charge in [0.05, 0.1) is 11.9 Å². The number of rotatable bonds is 5. The zero-order chi connectivity index (χ0) is 18.6. The molecule has 1 aromatic heterocycles. The maximum absolute atomic E-state index is 4.47. The predicted octanol–water partition coefficient (Wildman–Crippen LogP) is 0.991. The Morgan fingerprint density at radius 3 is 2.96 bits per heavy atom. The minimum Gasteiger partial charge on any atom is -0.367 e. The van der Waals surface area contributed by atoms with Crippen molar-refractivity contribution in [3.05, 3.63) is 12.4 Å². The molecule has 0 saturated carbocycles. The standard InChI is InChI=1S/C18H33N7S/c1-19-17(20-13-18(23(2)3)7-9-26-14-18)22-15-6-5-8-25(11-15)16-10-21-24(4)12-16/h10,12,15H,5-9,11,13-14H2,1-4H3,(H2,19,20,22). The summed E-state index contributed by atoms with van der Waals surface area (Å²) in [7, 11) is 8.22.